The second kappa shape index (κ2) is 5.14. The average Bonchev–Trinajstić information content (AvgIpc) is 2.19. The van der Waals surface area contributed by atoms with Gasteiger partial charge in [-0.2, -0.15) is 0 Å². The fraction of sp³-hybridized carbons (Fsp3) is 0.182. The van der Waals surface area contributed by atoms with E-state index in [0.717, 1.165) is 5.56 Å². The molecule has 0 aromatic heterocycles. The lowest BCUT2D eigenvalue weighted by atomic mass is 10.2. The average molecular weight is 175 g/mol. The molecule has 0 bridgehead atoms. The van der Waals surface area contributed by atoms with E-state index in [1.54, 1.807) is 7.05 Å². The van der Waals surface area contributed by atoms with Gasteiger partial charge in [-0.15, -0.1) is 0 Å². The standard InChI is InChI=1S/C11H13NO/c1-12-11(13)9-5-8-10-6-3-2-4-7-10/h2-8H,9H2,1H3,(H,12,13)/b8-5+. The van der Waals surface area contributed by atoms with Crippen molar-refractivity contribution in [1.29, 1.82) is 0 Å². The number of carbonyl (C=O) groups excluding carboxylic acids is 1. The van der Waals surface area contributed by atoms with E-state index in [1.165, 1.54) is 0 Å². The topological polar surface area (TPSA) is 29.1 Å². The Kier molecular flexibility index (Phi) is 3.76. The molecule has 0 unspecified atom stereocenters. The van der Waals surface area contributed by atoms with Crippen LogP contribution in [0.2, 0.25) is 0 Å². The number of hydrogen-bond donors (Lipinski definition) is 1. The van der Waals surface area contributed by atoms with Gasteiger partial charge in [-0.05, 0) is 5.56 Å². The van der Waals surface area contributed by atoms with Crippen molar-refractivity contribution in [2.45, 2.75) is 6.42 Å². The molecule has 0 aliphatic rings. The highest BCUT2D eigenvalue weighted by Gasteiger charge is 1.90. The summed E-state index contributed by atoms with van der Waals surface area (Å²) in [6.45, 7) is 0. The van der Waals surface area contributed by atoms with Crippen molar-refractivity contribution >= 4 is 12.0 Å². The van der Waals surface area contributed by atoms with E-state index < -0.39 is 0 Å². The van der Waals surface area contributed by atoms with E-state index in [1.807, 2.05) is 42.5 Å². The molecule has 0 radical (unpaired) electrons. The number of rotatable bonds is 3. The molecular weight excluding hydrogens is 162 g/mol. The van der Waals surface area contributed by atoms with Crippen LogP contribution in [0.25, 0.3) is 6.08 Å². The summed E-state index contributed by atoms with van der Waals surface area (Å²) in [6.07, 6.45) is 4.23. The number of amides is 1. The maximum Gasteiger partial charge on any atom is 0.223 e. The van der Waals surface area contributed by atoms with E-state index in [4.69, 9.17) is 0 Å². The number of nitrogens with one attached hydrogen (secondary N) is 1. The van der Waals surface area contributed by atoms with Crippen LogP contribution in [0, 0.1) is 0 Å². The minimum absolute atomic E-state index is 0.0344. The largest absolute Gasteiger partial charge is 0.359 e. The van der Waals surface area contributed by atoms with Crippen LogP contribution in [0.1, 0.15) is 12.0 Å². The first-order valence-electron chi connectivity index (χ1n) is 4.25. The first-order chi connectivity index (χ1) is 6.33. The van der Waals surface area contributed by atoms with E-state index in [9.17, 15) is 4.79 Å². The molecule has 1 aromatic carbocycles. The highest BCUT2D eigenvalue weighted by Crippen LogP contribution is 2.01. The minimum atomic E-state index is 0.0344. The smallest absolute Gasteiger partial charge is 0.223 e. The van der Waals surface area contributed by atoms with Crippen molar-refractivity contribution in [2.24, 2.45) is 0 Å². The molecule has 13 heavy (non-hydrogen) atoms. The molecule has 1 N–H and O–H groups in total. The molecule has 2 nitrogen and oxygen atoms in total. The zero-order chi connectivity index (χ0) is 9.52. The Morgan fingerprint density at radius 1 is 1.38 bits per heavy atom. The first-order valence-corrected chi connectivity index (χ1v) is 4.25. The van der Waals surface area contributed by atoms with Crippen molar-refractivity contribution in [1.82, 2.24) is 5.32 Å². The number of hydrogen-bond acceptors (Lipinski definition) is 1. The SMILES string of the molecule is CNC(=O)C/C=C/c1ccccc1. The van der Waals surface area contributed by atoms with E-state index in [0.29, 0.717) is 6.42 Å². The van der Waals surface area contributed by atoms with Gasteiger partial charge in [0, 0.05) is 13.5 Å². The zero-order valence-corrected chi connectivity index (χ0v) is 7.66. The Labute approximate surface area is 78.3 Å². The summed E-state index contributed by atoms with van der Waals surface area (Å²) < 4.78 is 0. The van der Waals surface area contributed by atoms with Crippen molar-refractivity contribution in [3.8, 4) is 0 Å². The maximum atomic E-state index is 10.8. The lowest BCUT2D eigenvalue weighted by Gasteiger charge is -1.93. The predicted molar refractivity (Wildman–Crippen MR) is 54.2 cm³/mol. The van der Waals surface area contributed by atoms with Crippen LogP contribution in [0.15, 0.2) is 36.4 Å². The summed E-state index contributed by atoms with van der Waals surface area (Å²) in [6, 6.07) is 9.91. The fourth-order valence-electron chi connectivity index (χ4n) is 0.968. The van der Waals surface area contributed by atoms with Gasteiger partial charge in [0.2, 0.25) is 5.91 Å². The maximum absolute atomic E-state index is 10.8. The van der Waals surface area contributed by atoms with E-state index in [2.05, 4.69) is 5.32 Å². The molecule has 2 heteroatoms. The van der Waals surface area contributed by atoms with Gasteiger partial charge < -0.3 is 5.32 Å². The van der Waals surface area contributed by atoms with Crippen LogP contribution in [0.5, 0.6) is 0 Å². The summed E-state index contributed by atoms with van der Waals surface area (Å²) in [5.41, 5.74) is 1.12. The van der Waals surface area contributed by atoms with Crippen molar-refractivity contribution in [3.63, 3.8) is 0 Å². The van der Waals surface area contributed by atoms with Gasteiger partial charge in [0.1, 0.15) is 0 Å². The molecule has 0 aliphatic carbocycles. The second-order valence-corrected chi connectivity index (χ2v) is 2.69. The number of carbonyl (C=O) groups is 1. The number of benzene rings is 1. The summed E-state index contributed by atoms with van der Waals surface area (Å²) in [7, 11) is 1.64. The summed E-state index contributed by atoms with van der Waals surface area (Å²) in [5.74, 6) is 0.0344. The van der Waals surface area contributed by atoms with E-state index in [-0.39, 0.29) is 5.91 Å². The lowest BCUT2D eigenvalue weighted by Crippen LogP contribution is -2.15. The van der Waals surface area contributed by atoms with Gasteiger partial charge in [-0.25, -0.2) is 0 Å². The van der Waals surface area contributed by atoms with Crippen LogP contribution < -0.4 is 5.32 Å². The van der Waals surface area contributed by atoms with Crippen molar-refractivity contribution in [2.75, 3.05) is 7.05 Å². The third-order valence-electron chi connectivity index (χ3n) is 1.69. The third-order valence-corrected chi connectivity index (χ3v) is 1.69. The first kappa shape index (κ1) is 9.52. The van der Waals surface area contributed by atoms with Crippen LogP contribution in [-0.4, -0.2) is 13.0 Å². The van der Waals surface area contributed by atoms with Crippen molar-refractivity contribution in [3.05, 3.63) is 42.0 Å². The molecule has 0 spiro atoms. The van der Waals surface area contributed by atoms with Crippen molar-refractivity contribution < 1.29 is 4.79 Å². The summed E-state index contributed by atoms with van der Waals surface area (Å²) in [4.78, 5) is 10.8. The zero-order valence-electron chi connectivity index (χ0n) is 7.66. The Morgan fingerprint density at radius 3 is 2.69 bits per heavy atom. The second-order valence-electron chi connectivity index (χ2n) is 2.69. The molecular formula is C11H13NO. The van der Waals surface area contributed by atoms with Gasteiger partial charge in [0.15, 0.2) is 0 Å². The van der Waals surface area contributed by atoms with Gasteiger partial charge >= 0.3 is 0 Å². The van der Waals surface area contributed by atoms with Crippen LogP contribution in [-0.2, 0) is 4.79 Å². The van der Waals surface area contributed by atoms with Crippen LogP contribution >= 0.6 is 0 Å². The summed E-state index contributed by atoms with van der Waals surface area (Å²) in [5, 5.41) is 2.56. The molecule has 0 saturated heterocycles. The van der Waals surface area contributed by atoms with Gasteiger partial charge in [0.25, 0.3) is 0 Å². The van der Waals surface area contributed by atoms with Crippen LogP contribution in [0.3, 0.4) is 0 Å². The van der Waals surface area contributed by atoms with Gasteiger partial charge in [0.05, 0.1) is 0 Å². The Morgan fingerprint density at radius 2 is 2.08 bits per heavy atom. The van der Waals surface area contributed by atoms with E-state index >= 15 is 0 Å². The molecule has 1 aromatic rings. The Bertz CT molecular complexity index is 290. The highest BCUT2D eigenvalue weighted by molar-refractivity contribution is 5.78. The van der Waals surface area contributed by atoms with Gasteiger partial charge in [-0.1, -0.05) is 42.5 Å². The lowest BCUT2D eigenvalue weighted by molar-refractivity contribution is -0.119. The van der Waals surface area contributed by atoms with Gasteiger partial charge in [-0.3, -0.25) is 4.79 Å². The molecule has 0 aliphatic heterocycles. The Hall–Kier alpha value is -1.57. The fourth-order valence-corrected chi connectivity index (χ4v) is 0.968. The molecule has 0 fully saturated rings. The Balaban J connectivity index is 2.45. The molecule has 1 amide bonds. The molecule has 0 saturated carbocycles. The molecule has 68 valence electrons. The quantitative estimate of drug-likeness (QED) is 0.746. The minimum Gasteiger partial charge on any atom is -0.359 e. The summed E-state index contributed by atoms with van der Waals surface area (Å²) >= 11 is 0. The van der Waals surface area contributed by atoms with Crippen LogP contribution in [0.4, 0.5) is 0 Å². The molecule has 1 rings (SSSR count). The molecule has 0 heterocycles. The molecule has 0 atom stereocenters. The third kappa shape index (κ3) is 3.56. The normalized spacial score (nSPS) is 10.2. The predicted octanol–water partition coefficient (Wildman–Crippen LogP) is 1.84. The highest BCUT2D eigenvalue weighted by atomic mass is 16.1. The monoisotopic (exact) mass is 175 g/mol.